The van der Waals surface area contributed by atoms with E-state index in [0.29, 0.717) is 6.54 Å². The van der Waals surface area contributed by atoms with Crippen molar-refractivity contribution >= 4 is 11.8 Å². The number of hydrogen-bond donors (Lipinski definition) is 3. The molecule has 0 unspecified atom stereocenters. The van der Waals surface area contributed by atoms with Crippen molar-refractivity contribution in [1.82, 2.24) is 10.6 Å². The molecule has 0 spiro atoms. The maximum Gasteiger partial charge on any atom is 0.275 e. The van der Waals surface area contributed by atoms with Crippen LogP contribution in [0, 0.1) is 0 Å². The Bertz CT molecular complexity index is 310. The van der Waals surface area contributed by atoms with Crippen molar-refractivity contribution in [2.75, 3.05) is 26.2 Å². The molecule has 2 amide bonds. The standard InChI is InChI=1S/C13H25N3O3/c1-9(2)15-12(17)5-14-13(18)8-16-6-10(3)19-11(4)7-16/h9-11H,5-8H2,1-4H3,(H,14,18)(H,15,17)/p+1/t10-,11-/m1/s1. The monoisotopic (exact) mass is 272 g/mol. The van der Waals surface area contributed by atoms with Gasteiger partial charge in [-0.3, -0.25) is 9.59 Å². The number of ether oxygens (including phenoxy) is 1. The third-order valence-electron chi connectivity index (χ3n) is 2.92. The minimum Gasteiger partial charge on any atom is -0.364 e. The second kappa shape index (κ2) is 7.45. The van der Waals surface area contributed by atoms with Gasteiger partial charge >= 0.3 is 0 Å². The zero-order valence-corrected chi connectivity index (χ0v) is 12.3. The Kier molecular flexibility index (Phi) is 6.24. The molecule has 6 nitrogen and oxygen atoms in total. The molecule has 2 atom stereocenters. The highest BCUT2D eigenvalue weighted by Gasteiger charge is 2.27. The van der Waals surface area contributed by atoms with Gasteiger partial charge in [-0.2, -0.15) is 0 Å². The second-order valence-electron chi connectivity index (χ2n) is 5.59. The van der Waals surface area contributed by atoms with Crippen LogP contribution >= 0.6 is 0 Å². The van der Waals surface area contributed by atoms with E-state index in [4.69, 9.17) is 4.74 Å². The predicted molar refractivity (Wildman–Crippen MR) is 71.9 cm³/mol. The van der Waals surface area contributed by atoms with E-state index in [9.17, 15) is 9.59 Å². The van der Waals surface area contributed by atoms with Crippen molar-refractivity contribution < 1.29 is 19.2 Å². The summed E-state index contributed by atoms with van der Waals surface area (Å²) in [6.07, 6.45) is 0.353. The van der Waals surface area contributed by atoms with E-state index in [1.807, 2.05) is 27.7 Å². The van der Waals surface area contributed by atoms with Gasteiger partial charge in [-0.05, 0) is 27.7 Å². The number of morpholine rings is 1. The Labute approximate surface area is 114 Å². The maximum absolute atomic E-state index is 11.8. The van der Waals surface area contributed by atoms with Crippen LogP contribution in [0.5, 0.6) is 0 Å². The van der Waals surface area contributed by atoms with Crippen LogP contribution in [0.2, 0.25) is 0 Å². The highest BCUT2D eigenvalue weighted by molar-refractivity contribution is 5.85. The van der Waals surface area contributed by atoms with E-state index in [1.165, 1.54) is 4.90 Å². The van der Waals surface area contributed by atoms with E-state index in [1.54, 1.807) is 0 Å². The first kappa shape index (κ1) is 15.9. The number of nitrogens with one attached hydrogen (secondary N) is 3. The molecule has 1 heterocycles. The molecule has 1 aliphatic heterocycles. The zero-order valence-electron chi connectivity index (χ0n) is 12.3. The molecular weight excluding hydrogens is 246 g/mol. The molecule has 3 N–H and O–H groups in total. The van der Waals surface area contributed by atoms with Crippen molar-refractivity contribution in [3.05, 3.63) is 0 Å². The summed E-state index contributed by atoms with van der Waals surface area (Å²) in [5.41, 5.74) is 0. The molecule has 0 aromatic rings. The summed E-state index contributed by atoms with van der Waals surface area (Å²) in [6.45, 7) is 9.92. The average molecular weight is 272 g/mol. The van der Waals surface area contributed by atoms with Gasteiger partial charge < -0.3 is 20.3 Å². The molecule has 6 heteroatoms. The lowest BCUT2D eigenvalue weighted by molar-refractivity contribution is -0.907. The van der Waals surface area contributed by atoms with E-state index < -0.39 is 0 Å². The van der Waals surface area contributed by atoms with Gasteiger partial charge in [-0.1, -0.05) is 0 Å². The largest absolute Gasteiger partial charge is 0.364 e. The lowest BCUT2D eigenvalue weighted by atomic mass is 10.2. The van der Waals surface area contributed by atoms with Gasteiger partial charge in [0.25, 0.3) is 5.91 Å². The number of amides is 2. The van der Waals surface area contributed by atoms with Crippen LogP contribution in [0.15, 0.2) is 0 Å². The van der Waals surface area contributed by atoms with Crippen molar-refractivity contribution in [3.8, 4) is 0 Å². The third-order valence-corrected chi connectivity index (χ3v) is 2.92. The maximum atomic E-state index is 11.8. The summed E-state index contributed by atoms with van der Waals surface area (Å²) in [7, 11) is 0. The first-order chi connectivity index (χ1) is 8.86. The van der Waals surface area contributed by atoms with Gasteiger partial charge in [0, 0.05) is 6.04 Å². The van der Waals surface area contributed by atoms with Crippen LogP contribution in [-0.4, -0.2) is 56.2 Å². The first-order valence-corrected chi connectivity index (χ1v) is 6.92. The van der Waals surface area contributed by atoms with Crippen LogP contribution in [-0.2, 0) is 14.3 Å². The molecule has 0 saturated carbocycles. The van der Waals surface area contributed by atoms with Crippen molar-refractivity contribution in [3.63, 3.8) is 0 Å². The average Bonchev–Trinajstić information content (AvgIpc) is 2.23. The highest BCUT2D eigenvalue weighted by Crippen LogP contribution is 1.97. The molecule has 1 fully saturated rings. The van der Waals surface area contributed by atoms with E-state index in [2.05, 4.69) is 10.6 Å². The Balaban J connectivity index is 2.25. The molecule has 0 aromatic carbocycles. The van der Waals surface area contributed by atoms with Crippen LogP contribution in [0.4, 0.5) is 0 Å². The topological polar surface area (TPSA) is 71.9 Å². The minimum atomic E-state index is -0.151. The molecule has 1 aliphatic rings. The number of quaternary nitrogens is 1. The lowest BCUT2D eigenvalue weighted by Crippen LogP contribution is -3.16. The van der Waals surface area contributed by atoms with Gasteiger partial charge in [0.15, 0.2) is 6.54 Å². The number of carbonyl (C=O) groups excluding carboxylic acids is 2. The van der Waals surface area contributed by atoms with Crippen LogP contribution in [0.25, 0.3) is 0 Å². The molecule has 19 heavy (non-hydrogen) atoms. The fourth-order valence-corrected chi connectivity index (χ4v) is 2.37. The molecule has 0 bridgehead atoms. The molecule has 1 rings (SSSR count). The van der Waals surface area contributed by atoms with E-state index >= 15 is 0 Å². The van der Waals surface area contributed by atoms with Gasteiger partial charge in [0.05, 0.1) is 6.54 Å². The van der Waals surface area contributed by atoms with Gasteiger partial charge in [0.1, 0.15) is 25.3 Å². The summed E-state index contributed by atoms with van der Waals surface area (Å²) in [6, 6.07) is 0.0935. The van der Waals surface area contributed by atoms with Crippen molar-refractivity contribution in [2.45, 2.75) is 45.9 Å². The number of carbonyl (C=O) groups is 2. The van der Waals surface area contributed by atoms with Gasteiger partial charge in [-0.25, -0.2) is 0 Å². The summed E-state index contributed by atoms with van der Waals surface area (Å²) >= 11 is 0. The number of hydrogen-bond acceptors (Lipinski definition) is 3. The Morgan fingerprint density at radius 1 is 1.21 bits per heavy atom. The minimum absolute atomic E-state index is 0.0475. The molecule has 110 valence electrons. The molecule has 0 aliphatic carbocycles. The predicted octanol–water partition coefficient (Wildman–Crippen LogP) is -1.68. The Morgan fingerprint density at radius 2 is 1.79 bits per heavy atom. The second-order valence-corrected chi connectivity index (χ2v) is 5.59. The zero-order chi connectivity index (χ0) is 14.4. The third kappa shape index (κ3) is 6.54. The Hall–Kier alpha value is -1.14. The fraction of sp³-hybridized carbons (Fsp3) is 0.846. The van der Waals surface area contributed by atoms with Crippen LogP contribution in [0.3, 0.4) is 0 Å². The molecular formula is C13H26N3O3+. The summed E-state index contributed by atoms with van der Waals surface area (Å²) in [5, 5.41) is 5.39. The van der Waals surface area contributed by atoms with E-state index in [0.717, 1.165) is 13.1 Å². The van der Waals surface area contributed by atoms with E-state index in [-0.39, 0.29) is 36.6 Å². The quantitative estimate of drug-likeness (QED) is 0.560. The van der Waals surface area contributed by atoms with Crippen molar-refractivity contribution in [2.24, 2.45) is 0 Å². The number of rotatable bonds is 5. The summed E-state index contributed by atoms with van der Waals surface area (Å²) in [5.74, 6) is -0.239. The molecule has 0 radical (unpaired) electrons. The lowest BCUT2D eigenvalue weighted by Gasteiger charge is -2.31. The van der Waals surface area contributed by atoms with Crippen LogP contribution in [0.1, 0.15) is 27.7 Å². The molecule has 0 aromatic heterocycles. The van der Waals surface area contributed by atoms with Crippen molar-refractivity contribution in [1.29, 1.82) is 0 Å². The normalized spacial score (nSPS) is 27.1. The van der Waals surface area contributed by atoms with Gasteiger partial charge in [0.2, 0.25) is 5.91 Å². The Morgan fingerprint density at radius 3 is 2.32 bits per heavy atom. The smallest absolute Gasteiger partial charge is 0.275 e. The highest BCUT2D eigenvalue weighted by atomic mass is 16.5. The van der Waals surface area contributed by atoms with Crippen LogP contribution < -0.4 is 15.5 Å². The van der Waals surface area contributed by atoms with Gasteiger partial charge in [-0.15, -0.1) is 0 Å². The first-order valence-electron chi connectivity index (χ1n) is 6.92. The summed E-state index contributed by atoms with van der Waals surface area (Å²) in [4.78, 5) is 24.4. The SMILES string of the molecule is CC(C)NC(=O)CNC(=O)C[NH+]1C[C@@H](C)O[C@H](C)C1. The summed E-state index contributed by atoms with van der Waals surface area (Å²) < 4.78 is 5.62. The fourth-order valence-electron chi connectivity index (χ4n) is 2.37. The molecule has 1 saturated heterocycles.